The van der Waals surface area contributed by atoms with Gasteiger partial charge >= 0.3 is 0 Å². The van der Waals surface area contributed by atoms with Crippen LogP contribution in [0.1, 0.15) is 26.7 Å². The molecule has 3 N–H and O–H groups in total. The Bertz CT molecular complexity index is 189. The number of rotatable bonds is 3. The summed E-state index contributed by atoms with van der Waals surface area (Å²) in [5.74, 6) is 0.120. The number of hydrogen-bond acceptors (Lipinski definition) is 3. The lowest BCUT2D eigenvalue weighted by Crippen LogP contribution is -2.50. The van der Waals surface area contributed by atoms with Gasteiger partial charge in [0.1, 0.15) is 0 Å². The van der Waals surface area contributed by atoms with Gasteiger partial charge in [0.25, 0.3) is 0 Å². The summed E-state index contributed by atoms with van der Waals surface area (Å²) in [6.45, 7) is 5.32. The molecule has 1 heterocycles. The van der Waals surface area contributed by atoms with E-state index in [4.69, 9.17) is 10.5 Å². The predicted molar refractivity (Wildman–Crippen MR) is 54.8 cm³/mol. The lowest BCUT2D eigenvalue weighted by Gasteiger charge is -2.25. The lowest BCUT2D eigenvalue weighted by atomic mass is 10.0. The van der Waals surface area contributed by atoms with Crippen LogP contribution in [0.5, 0.6) is 0 Å². The lowest BCUT2D eigenvalue weighted by molar-refractivity contribution is -0.124. The topological polar surface area (TPSA) is 64.4 Å². The van der Waals surface area contributed by atoms with E-state index in [1.807, 2.05) is 13.8 Å². The molecule has 1 rings (SSSR count). The van der Waals surface area contributed by atoms with Gasteiger partial charge in [-0.2, -0.15) is 0 Å². The number of carbonyl (C=O) groups is 1. The zero-order chi connectivity index (χ0) is 10.6. The molecule has 0 radical (unpaired) electrons. The molecule has 0 aliphatic carbocycles. The standard InChI is InChI=1S/C10H20N2O2/c1-7(2)9(11)10(13)12-8-4-3-5-14-6-8/h7-9H,3-6,11H2,1-2H3,(H,12,13)/t8?,9-/m1/s1. The molecule has 1 unspecified atom stereocenters. The van der Waals surface area contributed by atoms with Gasteiger partial charge in [-0.25, -0.2) is 0 Å². The van der Waals surface area contributed by atoms with Crippen LogP contribution in [0.2, 0.25) is 0 Å². The van der Waals surface area contributed by atoms with Gasteiger partial charge < -0.3 is 15.8 Å². The quantitative estimate of drug-likeness (QED) is 0.687. The normalized spacial score (nSPS) is 24.7. The molecule has 0 spiro atoms. The minimum Gasteiger partial charge on any atom is -0.379 e. The maximum absolute atomic E-state index is 11.6. The van der Waals surface area contributed by atoms with E-state index >= 15 is 0 Å². The first-order valence-corrected chi connectivity index (χ1v) is 5.25. The highest BCUT2D eigenvalue weighted by Gasteiger charge is 2.21. The van der Waals surface area contributed by atoms with Crippen molar-refractivity contribution in [3.05, 3.63) is 0 Å². The highest BCUT2D eigenvalue weighted by molar-refractivity contribution is 5.82. The molecule has 14 heavy (non-hydrogen) atoms. The molecule has 82 valence electrons. The number of hydrogen-bond donors (Lipinski definition) is 2. The Labute approximate surface area is 85.2 Å². The van der Waals surface area contributed by atoms with Crippen molar-refractivity contribution in [2.75, 3.05) is 13.2 Å². The molecule has 0 aromatic heterocycles. The first kappa shape index (κ1) is 11.5. The largest absolute Gasteiger partial charge is 0.379 e. The zero-order valence-corrected chi connectivity index (χ0v) is 8.95. The summed E-state index contributed by atoms with van der Waals surface area (Å²) in [6.07, 6.45) is 2.01. The van der Waals surface area contributed by atoms with Crippen LogP contribution in [0.4, 0.5) is 0 Å². The molecule has 4 heteroatoms. The predicted octanol–water partition coefficient (Wildman–Crippen LogP) is 0.265. The van der Waals surface area contributed by atoms with Crippen LogP contribution in [0, 0.1) is 5.92 Å². The number of nitrogens with one attached hydrogen (secondary N) is 1. The van der Waals surface area contributed by atoms with Gasteiger partial charge in [-0.15, -0.1) is 0 Å². The van der Waals surface area contributed by atoms with Crippen LogP contribution in [0.15, 0.2) is 0 Å². The fourth-order valence-corrected chi connectivity index (χ4v) is 1.45. The fraction of sp³-hybridized carbons (Fsp3) is 0.900. The molecule has 1 saturated heterocycles. The summed E-state index contributed by atoms with van der Waals surface area (Å²) >= 11 is 0. The highest BCUT2D eigenvalue weighted by atomic mass is 16.5. The number of amides is 1. The second-order valence-electron chi connectivity index (χ2n) is 4.19. The maximum atomic E-state index is 11.6. The number of nitrogens with two attached hydrogens (primary N) is 1. The van der Waals surface area contributed by atoms with Crippen molar-refractivity contribution >= 4 is 5.91 Å². The van der Waals surface area contributed by atoms with Crippen LogP contribution in [-0.2, 0) is 9.53 Å². The second kappa shape index (κ2) is 5.32. The Morgan fingerprint density at radius 2 is 2.29 bits per heavy atom. The monoisotopic (exact) mass is 200 g/mol. The average Bonchev–Trinajstić information content (AvgIpc) is 2.18. The molecule has 1 fully saturated rings. The Morgan fingerprint density at radius 3 is 2.79 bits per heavy atom. The molecule has 0 aromatic rings. The molecule has 1 aliphatic heterocycles. The molecule has 1 aliphatic rings. The first-order chi connectivity index (χ1) is 6.61. The van der Waals surface area contributed by atoms with E-state index < -0.39 is 6.04 Å². The third kappa shape index (κ3) is 3.27. The summed E-state index contributed by atoms with van der Waals surface area (Å²) in [6, 6.07) is -0.252. The van der Waals surface area contributed by atoms with Crippen molar-refractivity contribution in [3.63, 3.8) is 0 Å². The molecule has 0 saturated carbocycles. The third-order valence-corrected chi connectivity index (χ3v) is 2.53. The van der Waals surface area contributed by atoms with Gasteiger partial charge in [-0.1, -0.05) is 13.8 Å². The third-order valence-electron chi connectivity index (χ3n) is 2.53. The zero-order valence-electron chi connectivity index (χ0n) is 8.95. The van der Waals surface area contributed by atoms with Crippen molar-refractivity contribution in [3.8, 4) is 0 Å². The van der Waals surface area contributed by atoms with E-state index in [0.29, 0.717) is 6.61 Å². The van der Waals surface area contributed by atoms with Crippen LogP contribution in [0.3, 0.4) is 0 Å². The van der Waals surface area contributed by atoms with Crippen molar-refractivity contribution < 1.29 is 9.53 Å². The molecule has 0 aromatic carbocycles. The second-order valence-corrected chi connectivity index (χ2v) is 4.19. The van der Waals surface area contributed by atoms with E-state index in [0.717, 1.165) is 19.4 Å². The highest BCUT2D eigenvalue weighted by Crippen LogP contribution is 2.06. The van der Waals surface area contributed by atoms with Gasteiger partial charge in [-0.3, -0.25) is 4.79 Å². The van der Waals surface area contributed by atoms with Crippen LogP contribution in [-0.4, -0.2) is 31.2 Å². The molecule has 2 atom stereocenters. The molecule has 4 nitrogen and oxygen atoms in total. The van der Waals surface area contributed by atoms with E-state index in [-0.39, 0.29) is 17.9 Å². The minimum absolute atomic E-state index is 0.0597. The Morgan fingerprint density at radius 1 is 1.57 bits per heavy atom. The van der Waals surface area contributed by atoms with Crippen molar-refractivity contribution in [1.82, 2.24) is 5.32 Å². The fourth-order valence-electron chi connectivity index (χ4n) is 1.45. The number of ether oxygens (including phenoxy) is 1. The SMILES string of the molecule is CC(C)[C@@H](N)C(=O)NC1CCCOC1. The van der Waals surface area contributed by atoms with E-state index in [9.17, 15) is 4.79 Å². The molecular weight excluding hydrogens is 180 g/mol. The van der Waals surface area contributed by atoms with Gasteiger partial charge in [0.15, 0.2) is 0 Å². The summed E-state index contributed by atoms with van der Waals surface area (Å²) in [5, 5.41) is 2.91. The van der Waals surface area contributed by atoms with E-state index in [1.54, 1.807) is 0 Å². The number of carbonyl (C=O) groups excluding carboxylic acids is 1. The van der Waals surface area contributed by atoms with Gasteiger partial charge in [0.2, 0.25) is 5.91 Å². The van der Waals surface area contributed by atoms with Crippen LogP contribution >= 0.6 is 0 Å². The summed E-state index contributed by atoms with van der Waals surface area (Å²) in [4.78, 5) is 11.6. The summed E-state index contributed by atoms with van der Waals surface area (Å²) in [5.41, 5.74) is 5.72. The Kier molecular flexibility index (Phi) is 4.35. The van der Waals surface area contributed by atoms with Crippen LogP contribution < -0.4 is 11.1 Å². The van der Waals surface area contributed by atoms with Crippen molar-refractivity contribution in [1.29, 1.82) is 0 Å². The first-order valence-electron chi connectivity index (χ1n) is 5.25. The summed E-state index contributed by atoms with van der Waals surface area (Å²) < 4.78 is 5.27. The molecular formula is C10H20N2O2. The Hall–Kier alpha value is -0.610. The van der Waals surface area contributed by atoms with Crippen LogP contribution in [0.25, 0.3) is 0 Å². The Balaban J connectivity index is 2.31. The van der Waals surface area contributed by atoms with Gasteiger partial charge in [0, 0.05) is 6.61 Å². The maximum Gasteiger partial charge on any atom is 0.237 e. The van der Waals surface area contributed by atoms with Crippen molar-refractivity contribution in [2.45, 2.75) is 38.8 Å². The van der Waals surface area contributed by atoms with Gasteiger partial charge in [-0.05, 0) is 18.8 Å². The molecule has 1 amide bonds. The van der Waals surface area contributed by atoms with Crippen molar-refractivity contribution in [2.24, 2.45) is 11.7 Å². The average molecular weight is 200 g/mol. The van der Waals surface area contributed by atoms with E-state index in [1.165, 1.54) is 0 Å². The van der Waals surface area contributed by atoms with Gasteiger partial charge in [0.05, 0.1) is 18.7 Å². The smallest absolute Gasteiger partial charge is 0.237 e. The minimum atomic E-state index is -0.406. The van der Waals surface area contributed by atoms with E-state index in [2.05, 4.69) is 5.32 Å². The molecule has 0 bridgehead atoms. The summed E-state index contributed by atoms with van der Waals surface area (Å²) in [7, 11) is 0.